The van der Waals surface area contributed by atoms with E-state index in [1.54, 1.807) is 12.1 Å². The van der Waals surface area contributed by atoms with E-state index >= 15 is 0 Å². The Labute approximate surface area is 118 Å². The third kappa shape index (κ3) is 1.85. The first-order chi connectivity index (χ1) is 10.1. The summed E-state index contributed by atoms with van der Waals surface area (Å²) < 4.78 is 28.7. The minimum atomic E-state index is -2.12. The molecule has 0 amide bonds. The average molecular weight is 255 g/mol. The van der Waals surface area contributed by atoms with Crippen molar-refractivity contribution in [1.29, 1.82) is 0 Å². The zero-order chi connectivity index (χ0) is 16.3. The van der Waals surface area contributed by atoms with Gasteiger partial charge in [0.1, 0.15) is 11.2 Å². The molecule has 0 fully saturated rings. The van der Waals surface area contributed by atoms with Crippen molar-refractivity contribution >= 4 is 21.9 Å². The molecule has 0 aliphatic heterocycles. The van der Waals surface area contributed by atoms with Gasteiger partial charge in [0.05, 0.1) is 0 Å². The van der Waals surface area contributed by atoms with Gasteiger partial charge in [-0.1, -0.05) is 45.0 Å². The molecule has 3 aromatic rings. The van der Waals surface area contributed by atoms with Crippen LogP contribution in [0.25, 0.3) is 21.9 Å². The van der Waals surface area contributed by atoms with E-state index in [4.69, 9.17) is 8.53 Å². The summed E-state index contributed by atoms with van der Waals surface area (Å²) in [6, 6.07) is 9.33. The third-order valence-corrected chi connectivity index (χ3v) is 3.60. The minimum absolute atomic E-state index is 0.0374. The fourth-order valence-corrected chi connectivity index (χ4v) is 2.87. The Bertz CT molecular complexity index is 864. The Morgan fingerprint density at radius 2 is 1.79 bits per heavy atom. The summed E-state index contributed by atoms with van der Waals surface area (Å²) >= 11 is 0. The lowest BCUT2D eigenvalue weighted by Gasteiger charge is -2.21. The zero-order valence-electron chi connectivity index (χ0n) is 14.8. The lowest BCUT2D eigenvalue weighted by Crippen LogP contribution is -2.13. The number of hydrogen-bond acceptors (Lipinski definition) is 1. The molecule has 0 spiro atoms. The van der Waals surface area contributed by atoms with E-state index in [0.29, 0.717) is 11.1 Å². The first kappa shape index (κ1) is 9.19. The Hall–Kier alpha value is -1.76. The fraction of sp³-hybridized carbons (Fsp3) is 0.333. The van der Waals surface area contributed by atoms with Crippen LogP contribution in [-0.4, -0.2) is 0 Å². The lowest BCUT2D eigenvalue weighted by molar-refractivity contribution is 0.569. The van der Waals surface area contributed by atoms with Gasteiger partial charge in [-0.25, -0.2) is 0 Å². The summed E-state index contributed by atoms with van der Waals surface area (Å²) in [7, 11) is 0. The molecule has 98 valence electrons. The molecule has 3 rings (SSSR count). The van der Waals surface area contributed by atoms with Crippen LogP contribution in [0.3, 0.4) is 0 Å². The van der Waals surface area contributed by atoms with Crippen molar-refractivity contribution in [2.24, 2.45) is 0 Å². The molecule has 1 heteroatoms. The van der Waals surface area contributed by atoms with Crippen LogP contribution in [-0.2, 0) is 5.41 Å². The predicted octanol–water partition coefficient (Wildman–Crippen LogP) is 5.50. The van der Waals surface area contributed by atoms with E-state index < -0.39 is 6.85 Å². The molecule has 0 atom stereocenters. The highest BCUT2D eigenvalue weighted by atomic mass is 16.3. The number of rotatable bonds is 0. The Kier molecular flexibility index (Phi) is 1.87. The molecular formula is C18H20O. The van der Waals surface area contributed by atoms with Crippen LogP contribution in [0, 0.1) is 13.8 Å². The van der Waals surface area contributed by atoms with Gasteiger partial charge in [0.25, 0.3) is 0 Å². The van der Waals surface area contributed by atoms with Gasteiger partial charge in [-0.3, -0.25) is 0 Å². The van der Waals surface area contributed by atoms with Gasteiger partial charge in [-0.05, 0) is 36.4 Å². The van der Waals surface area contributed by atoms with Crippen molar-refractivity contribution in [2.45, 2.75) is 40.0 Å². The molecule has 0 bridgehead atoms. The molecule has 0 saturated carbocycles. The van der Waals surface area contributed by atoms with E-state index in [9.17, 15) is 0 Å². The maximum absolute atomic E-state index is 7.55. The number of furan rings is 1. The van der Waals surface area contributed by atoms with Crippen molar-refractivity contribution < 1.29 is 8.53 Å². The second kappa shape index (κ2) is 3.86. The van der Waals surface area contributed by atoms with E-state index in [1.165, 1.54) is 11.1 Å². The topological polar surface area (TPSA) is 13.1 Å². The predicted molar refractivity (Wildman–Crippen MR) is 81.9 cm³/mol. The van der Waals surface area contributed by atoms with Gasteiger partial charge in [-0.2, -0.15) is 0 Å². The second-order valence-electron chi connectivity index (χ2n) is 6.20. The van der Waals surface area contributed by atoms with Crippen LogP contribution in [0.4, 0.5) is 0 Å². The molecule has 1 aromatic heterocycles. The van der Waals surface area contributed by atoms with Crippen LogP contribution in [0.2, 0.25) is 0 Å². The molecule has 0 saturated heterocycles. The Morgan fingerprint density at radius 1 is 1.05 bits per heavy atom. The molecule has 19 heavy (non-hydrogen) atoms. The van der Waals surface area contributed by atoms with Crippen molar-refractivity contribution in [3.63, 3.8) is 0 Å². The van der Waals surface area contributed by atoms with E-state index in [-0.39, 0.29) is 5.41 Å². The van der Waals surface area contributed by atoms with Gasteiger partial charge < -0.3 is 4.42 Å². The molecule has 1 nitrogen and oxygen atoms in total. The SMILES string of the molecule is [2H]C([2H])([2H])c1ccc2c(c1)oc1c(C(C)(C)C)c(C)ccc12. The van der Waals surface area contributed by atoms with Crippen molar-refractivity contribution in [3.8, 4) is 0 Å². The van der Waals surface area contributed by atoms with Crippen molar-refractivity contribution in [2.75, 3.05) is 0 Å². The number of benzene rings is 2. The molecular weight excluding hydrogens is 232 g/mol. The maximum Gasteiger partial charge on any atom is 0.139 e. The molecule has 0 radical (unpaired) electrons. The van der Waals surface area contributed by atoms with Gasteiger partial charge in [-0.15, -0.1) is 0 Å². The van der Waals surface area contributed by atoms with Crippen LogP contribution in [0.5, 0.6) is 0 Å². The third-order valence-electron chi connectivity index (χ3n) is 3.60. The Morgan fingerprint density at radius 3 is 2.47 bits per heavy atom. The van der Waals surface area contributed by atoms with Crippen LogP contribution >= 0.6 is 0 Å². The molecule has 2 aromatic carbocycles. The molecule has 1 heterocycles. The number of aryl methyl sites for hydroxylation is 2. The van der Waals surface area contributed by atoms with Crippen LogP contribution in [0.15, 0.2) is 34.7 Å². The van der Waals surface area contributed by atoms with Crippen LogP contribution < -0.4 is 0 Å². The van der Waals surface area contributed by atoms with Crippen molar-refractivity contribution in [3.05, 3.63) is 47.0 Å². The fourth-order valence-electron chi connectivity index (χ4n) is 2.87. The van der Waals surface area contributed by atoms with E-state index in [0.717, 1.165) is 16.4 Å². The second-order valence-corrected chi connectivity index (χ2v) is 6.20. The number of hydrogen-bond donors (Lipinski definition) is 0. The largest absolute Gasteiger partial charge is 0.456 e. The van der Waals surface area contributed by atoms with Gasteiger partial charge >= 0.3 is 0 Å². The first-order valence-corrected chi connectivity index (χ1v) is 6.56. The monoisotopic (exact) mass is 255 g/mol. The normalized spacial score (nSPS) is 15.5. The maximum atomic E-state index is 7.55. The lowest BCUT2D eigenvalue weighted by atomic mass is 9.83. The summed E-state index contributed by atoms with van der Waals surface area (Å²) in [6.07, 6.45) is 0. The first-order valence-electron chi connectivity index (χ1n) is 8.06. The van der Waals surface area contributed by atoms with Crippen LogP contribution in [0.1, 0.15) is 41.6 Å². The summed E-state index contributed by atoms with van der Waals surface area (Å²) in [6.45, 7) is 6.46. The van der Waals surface area contributed by atoms with Crippen molar-refractivity contribution in [1.82, 2.24) is 0 Å². The average Bonchev–Trinajstić information content (AvgIpc) is 2.72. The van der Waals surface area contributed by atoms with E-state index in [1.807, 2.05) is 6.07 Å². The quantitative estimate of drug-likeness (QED) is 0.517. The van der Waals surface area contributed by atoms with Gasteiger partial charge in [0, 0.05) is 20.4 Å². The number of fused-ring (bicyclic) bond motifs is 3. The molecule has 0 unspecified atom stereocenters. The summed E-state index contributed by atoms with van der Waals surface area (Å²) in [5.41, 5.74) is 4.15. The zero-order valence-corrected chi connectivity index (χ0v) is 11.8. The summed E-state index contributed by atoms with van der Waals surface area (Å²) in [5.74, 6) is 0. The summed E-state index contributed by atoms with van der Waals surface area (Å²) in [4.78, 5) is 0. The summed E-state index contributed by atoms with van der Waals surface area (Å²) in [5, 5.41) is 2.01. The highest BCUT2D eigenvalue weighted by Crippen LogP contribution is 2.38. The molecule has 0 aliphatic carbocycles. The van der Waals surface area contributed by atoms with Gasteiger partial charge in [0.2, 0.25) is 0 Å². The highest BCUT2D eigenvalue weighted by Gasteiger charge is 2.22. The Balaban J connectivity index is 2.39. The smallest absolute Gasteiger partial charge is 0.139 e. The highest BCUT2D eigenvalue weighted by molar-refractivity contribution is 6.06. The minimum Gasteiger partial charge on any atom is -0.456 e. The molecule has 0 N–H and O–H groups in total. The molecule has 0 aliphatic rings. The standard InChI is InChI=1S/C18H20O/c1-11-6-8-13-14-9-7-12(2)16(18(3,4)5)17(14)19-15(13)10-11/h6-10H,1-5H3/i1D3. The van der Waals surface area contributed by atoms with Gasteiger partial charge in [0.15, 0.2) is 0 Å². The van der Waals surface area contributed by atoms with E-state index in [2.05, 4.69) is 39.8 Å².